The highest BCUT2D eigenvalue weighted by molar-refractivity contribution is 6.58. The highest BCUT2D eigenvalue weighted by atomic mass is 19.1. The summed E-state index contributed by atoms with van der Waals surface area (Å²) in [6, 6.07) is 13.6. The highest BCUT2D eigenvalue weighted by Gasteiger charge is 2.20. The molecule has 0 radical (unpaired) electrons. The van der Waals surface area contributed by atoms with Gasteiger partial charge in [-0.1, -0.05) is 12.1 Å². The summed E-state index contributed by atoms with van der Waals surface area (Å²) in [7, 11) is 2.75. The van der Waals surface area contributed by atoms with Crippen molar-refractivity contribution in [2.24, 2.45) is 0 Å². The molecule has 1 aromatic heterocycles. The summed E-state index contributed by atoms with van der Waals surface area (Å²) in [4.78, 5) is 0. The van der Waals surface area contributed by atoms with Crippen molar-refractivity contribution in [3.63, 3.8) is 0 Å². The van der Waals surface area contributed by atoms with Crippen LogP contribution in [-0.4, -0.2) is 48.7 Å². The number of halogens is 1. The predicted octanol–water partition coefficient (Wildman–Crippen LogP) is 3.06. The van der Waals surface area contributed by atoms with Crippen molar-refractivity contribution in [2.75, 3.05) is 26.6 Å². The Morgan fingerprint density at radius 3 is 2.40 bits per heavy atom. The van der Waals surface area contributed by atoms with Crippen LogP contribution in [0, 0.1) is 12.7 Å². The van der Waals surface area contributed by atoms with E-state index in [4.69, 9.17) is 14.2 Å². The normalized spacial score (nSPS) is 10.8. The minimum absolute atomic E-state index is 0.0124. The van der Waals surface area contributed by atoms with E-state index in [0.29, 0.717) is 40.7 Å². The summed E-state index contributed by atoms with van der Waals surface area (Å²) in [6.07, 6.45) is 0. The van der Waals surface area contributed by atoms with E-state index in [-0.39, 0.29) is 11.2 Å². The molecule has 0 spiro atoms. The standard InChI is InChI=1S/C25H25BFN3O5/c1-14-20-9-15(21-10-17(26(31)32)11-22(27)24(21)35-4)6-8-19(20)25(30-29-14)28-13-16-5-7-18(33-2)12-23(16)34-3/h5-12,31-32H,13H2,1-4H3,(H,28,30). The number of rotatable bonds is 8. The molecule has 0 saturated carbocycles. The Labute approximate surface area is 202 Å². The number of aromatic nitrogens is 2. The average molecular weight is 477 g/mol. The largest absolute Gasteiger partial charge is 0.497 e. The molecule has 4 rings (SSSR count). The van der Waals surface area contributed by atoms with Gasteiger partial charge in [-0.2, -0.15) is 5.10 Å². The molecular weight excluding hydrogens is 452 g/mol. The molecule has 0 aliphatic carbocycles. The molecule has 8 nitrogen and oxygen atoms in total. The Morgan fingerprint density at radius 2 is 1.71 bits per heavy atom. The van der Waals surface area contributed by atoms with Crippen LogP contribution in [0.15, 0.2) is 48.5 Å². The predicted molar refractivity (Wildman–Crippen MR) is 133 cm³/mol. The van der Waals surface area contributed by atoms with E-state index in [0.717, 1.165) is 22.4 Å². The van der Waals surface area contributed by atoms with E-state index in [9.17, 15) is 14.4 Å². The summed E-state index contributed by atoms with van der Waals surface area (Å²) >= 11 is 0. The summed E-state index contributed by atoms with van der Waals surface area (Å²) < 4.78 is 30.6. The molecule has 0 aliphatic heterocycles. The lowest BCUT2D eigenvalue weighted by Crippen LogP contribution is -2.30. The summed E-state index contributed by atoms with van der Waals surface area (Å²) in [5.74, 6) is 1.28. The number of nitrogens with zero attached hydrogens (tertiary/aromatic N) is 2. The van der Waals surface area contributed by atoms with Gasteiger partial charge in [0, 0.05) is 34.5 Å². The van der Waals surface area contributed by atoms with Gasteiger partial charge in [0.15, 0.2) is 17.4 Å². The quantitative estimate of drug-likeness (QED) is 0.333. The molecule has 3 aromatic carbocycles. The van der Waals surface area contributed by atoms with Crippen molar-refractivity contribution in [1.82, 2.24) is 10.2 Å². The van der Waals surface area contributed by atoms with Crippen LogP contribution in [0.5, 0.6) is 17.2 Å². The maximum atomic E-state index is 14.6. The smallest absolute Gasteiger partial charge is 0.488 e. The zero-order valence-corrected chi connectivity index (χ0v) is 19.8. The fraction of sp³-hybridized carbons (Fsp3) is 0.200. The fourth-order valence-corrected chi connectivity index (χ4v) is 3.94. The lowest BCUT2D eigenvalue weighted by Gasteiger charge is -2.15. The molecule has 0 amide bonds. The molecule has 10 heteroatoms. The number of methoxy groups -OCH3 is 3. The SMILES string of the molecule is COc1ccc(CNc2nnc(C)c3cc(-c4cc(B(O)O)cc(F)c4OC)ccc23)c(OC)c1. The summed E-state index contributed by atoms with van der Waals surface area (Å²) in [6.45, 7) is 2.28. The van der Waals surface area contributed by atoms with Gasteiger partial charge in [-0.3, -0.25) is 0 Å². The third kappa shape index (κ3) is 4.84. The molecule has 0 atom stereocenters. The van der Waals surface area contributed by atoms with Crippen LogP contribution < -0.4 is 25.0 Å². The van der Waals surface area contributed by atoms with Crippen LogP contribution in [0.1, 0.15) is 11.3 Å². The number of aryl methyl sites for hydroxylation is 1. The van der Waals surface area contributed by atoms with E-state index in [1.54, 1.807) is 20.3 Å². The van der Waals surface area contributed by atoms with Gasteiger partial charge in [0.1, 0.15) is 11.5 Å². The third-order valence-corrected chi connectivity index (χ3v) is 5.78. The van der Waals surface area contributed by atoms with Crippen molar-refractivity contribution in [3.05, 3.63) is 65.6 Å². The van der Waals surface area contributed by atoms with E-state index in [1.807, 2.05) is 37.3 Å². The topological polar surface area (TPSA) is 106 Å². The van der Waals surface area contributed by atoms with Gasteiger partial charge in [-0.25, -0.2) is 4.39 Å². The second-order valence-electron chi connectivity index (χ2n) is 7.88. The number of anilines is 1. The molecule has 0 saturated heterocycles. The summed E-state index contributed by atoms with van der Waals surface area (Å²) in [5, 5.41) is 32.7. The van der Waals surface area contributed by atoms with Gasteiger partial charge in [0.25, 0.3) is 0 Å². The maximum absolute atomic E-state index is 14.6. The van der Waals surface area contributed by atoms with Crippen LogP contribution in [0.2, 0.25) is 0 Å². The van der Waals surface area contributed by atoms with Crippen LogP contribution in [0.4, 0.5) is 10.2 Å². The first-order valence-corrected chi connectivity index (χ1v) is 10.8. The van der Waals surface area contributed by atoms with E-state index in [1.165, 1.54) is 13.2 Å². The fourth-order valence-electron chi connectivity index (χ4n) is 3.94. The van der Waals surface area contributed by atoms with Crippen molar-refractivity contribution >= 4 is 29.2 Å². The number of hydrogen-bond acceptors (Lipinski definition) is 8. The monoisotopic (exact) mass is 477 g/mol. The lowest BCUT2D eigenvalue weighted by molar-refractivity contribution is 0.388. The zero-order valence-electron chi connectivity index (χ0n) is 19.8. The average Bonchev–Trinajstić information content (AvgIpc) is 2.87. The Kier molecular flexibility index (Phi) is 7.04. The second kappa shape index (κ2) is 10.2. The number of benzene rings is 3. The first-order chi connectivity index (χ1) is 16.9. The van der Waals surface area contributed by atoms with Crippen LogP contribution in [-0.2, 0) is 6.54 Å². The Bertz CT molecular complexity index is 1380. The molecule has 0 aliphatic rings. The molecule has 35 heavy (non-hydrogen) atoms. The molecule has 0 bridgehead atoms. The van der Waals surface area contributed by atoms with Crippen molar-refractivity contribution in [3.8, 4) is 28.4 Å². The Balaban J connectivity index is 1.73. The Morgan fingerprint density at radius 1 is 0.914 bits per heavy atom. The van der Waals surface area contributed by atoms with E-state index < -0.39 is 12.9 Å². The van der Waals surface area contributed by atoms with Crippen molar-refractivity contribution in [2.45, 2.75) is 13.5 Å². The van der Waals surface area contributed by atoms with Crippen LogP contribution in [0.3, 0.4) is 0 Å². The molecule has 0 fully saturated rings. The number of nitrogens with one attached hydrogen (secondary N) is 1. The summed E-state index contributed by atoms with van der Waals surface area (Å²) in [5.41, 5.74) is 2.66. The number of ether oxygens (including phenoxy) is 3. The molecule has 180 valence electrons. The van der Waals surface area contributed by atoms with Crippen molar-refractivity contribution < 1.29 is 28.6 Å². The maximum Gasteiger partial charge on any atom is 0.488 e. The molecular formula is C25H25BFN3O5. The number of fused-ring (bicyclic) bond motifs is 1. The highest BCUT2D eigenvalue weighted by Crippen LogP contribution is 2.35. The van der Waals surface area contributed by atoms with Gasteiger partial charge >= 0.3 is 7.12 Å². The molecule has 4 aromatic rings. The zero-order chi connectivity index (χ0) is 25.1. The van der Waals surface area contributed by atoms with Gasteiger partial charge in [-0.15, -0.1) is 5.10 Å². The van der Waals surface area contributed by atoms with E-state index >= 15 is 0 Å². The van der Waals surface area contributed by atoms with E-state index in [2.05, 4.69) is 15.5 Å². The van der Waals surface area contributed by atoms with Gasteiger partial charge in [0.05, 0.1) is 27.0 Å². The second-order valence-corrected chi connectivity index (χ2v) is 7.88. The van der Waals surface area contributed by atoms with Gasteiger partial charge in [-0.05, 0) is 48.3 Å². The van der Waals surface area contributed by atoms with Crippen LogP contribution >= 0.6 is 0 Å². The molecule has 1 heterocycles. The van der Waals surface area contributed by atoms with Gasteiger partial charge in [0.2, 0.25) is 0 Å². The lowest BCUT2D eigenvalue weighted by atomic mass is 9.78. The third-order valence-electron chi connectivity index (χ3n) is 5.78. The van der Waals surface area contributed by atoms with Crippen LogP contribution in [0.25, 0.3) is 21.9 Å². The molecule has 3 N–H and O–H groups in total. The minimum Gasteiger partial charge on any atom is -0.497 e. The molecule has 0 unspecified atom stereocenters. The minimum atomic E-state index is -1.81. The van der Waals surface area contributed by atoms with Gasteiger partial charge < -0.3 is 29.6 Å². The first-order valence-electron chi connectivity index (χ1n) is 10.8. The Hall–Kier alpha value is -3.89. The number of hydrogen-bond donors (Lipinski definition) is 3. The first kappa shape index (κ1) is 24.2. The van der Waals surface area contributed by atoms with Crippen molar-refractivity contribution in [1.29, 1.82) is 0 Å².